The van der Waals surface area contributed by atoms with Gasteiger partial charge in [-0.1, -0.05) is 0 Å². The summed E-state index contributed by atoms with van der Waals surface area (Å²) in [6, 6.07) is 4.88. The monoisotopic (exact) mass is 194 g/mol. The maximum absolute atomic E-state index is 9.28. The van der Waals surface area contributed by atoms with Gasteiger partial charge in [-0.05, 0) is 30.9 Å². The van der Waals surface area contributed by atoms with Crippen molar-refractivity contribution in [1.29, 1.82) is 0 Å². The lowest BCUT2D eigenvalue weighted by Gasteiger charge is -2.10. The third-order valence-corrected chi connectivity index (χ3v) is 2.32. The highest BCUT2D eigenvalue weighted by Gasteiger charge is 2.22. The van der Waals surface area contributed by atoms with Crippen LogP contribution < -0.4 is 9.47 Å². The van der Waals surface area contributed by atoms with Crippen molar-refractivity contribution in [1.82, 2.24) is 0 Å². The Kier molecular flexibility index (Phi) is 2.48. The number of phenolic OH excluding ortho intramolecular Hbond substituents is 1. The fraction of sp³-hybridized carbons (Fsp3) is 0.455. The van der Waals surface area contributed by atoms with Crippen LogP contribution in [-0.4, -0.2) is 18.8 Å². The Hall–Kier alpha value is -1.38. The number of hydrogen-bond acceptors (Lipinski definition) is 3. The van der Waals surface area contributed by atoms with Crippen molar-refractivity contribution < 1.29 is 14.6 Å². The van der Waals surface area contributed by atoms with Crippen molar-refractivity contribution in [3.05, 3.63) is 18.2 Å². The maximum Gasteiger partial charge on any atom is 0.164 e. The van der Waals surface area contributed by atoms with E-state index in [2.05, 4.69) is 0 Å². The van der Waals surface area contributed by atoms with Crippen LogP contribution in [0.3, 0.4) is 0 Å². The predicted molar refractivity (Wildman–Crippen MR) is 52.9 cm³/mol. The molecule has 76 valence electrons. The molecule has 1 fully saturated rings. The Bertz CT molecular complexity index is 318. The minimum Gasteiger partial charge on any atom is -0.508 e. The lowest BCUT2D eigenvalue weighted by atomic mass is 10.3. The van der Waals surface area contributed by atoms with E-state index in [9.17, 15) is 5.11 Å². The standard InChI is InChI=1S/C11H14O3/c1-13-10-5-4-9(12)6-11(10)14-7-8-2-3-8/h4-6,8,12H,2-3,7H2,1H3. The first-order chi connectivity index (χ1) is 6.79. The van der Waals surface area contributed by atoms with Gasteiger partial charge in [-0.3, -0.25) is 0 Å². The summed E-state index contributed by atoms with van der Waals surface area (Å²) in [6.07, 6.45) is 2.50. The minimum atomic E-state index is 0.205. The molecule has 1 aliphatic rings. The summed E-state index contributed by atoms with van der Waals surface area (Å²) in [6.45, 7) is 0.722. The van der Waals surface area contributed by atoms with Crippen molar-refractivity contribution in [2.45, 2.75) is 12.8 Å². The Labute approximate surface area is 83.3 Å². The third-order valence-electron chi connectivity index (χ3n) is 2.32. The minimum absolute atomic E-state index is 0.205. The van der Waals surface area contributed by atoms with Crippen LogP contribution in [0, 0.1) is 5.92 Å². The fourth-order valence-corrected chi connectivity index (χ4v) is 1.27. The SMILES string of the molecule is COc1ccc(O)cc1OCC1CC1. The van der Waals surface area contributed by atoms with Gasteiger partial charge in [0.1, 0.15) is 5.75 Å². The quantitative estimate of drug-likeness (QED) is 0.798. The van der Waals surface area contributed by atoms with E-state index in [1.165, 1.54) is 12.8 Å². The van der Waals surface area contributed by atoms with E-state index in [-0.39, 0.29) is 5.75 Å². The first kappa shape index (κ1) is 9.19. The van der Waals surface area contributed by atoms with Crippen molar-refractivity contribution in [2.75, 3.05) is 13.7 Å². The smallest absolute Gasteiger partial charge is 0.164 e. The largest absolute Gasteiger partial charge is 0.508 e. The van der Waals surface area contributed by atoms with Gasteiger partial charge in [0.25, 0.3) is 0 Å². The molecule has 0 aliphatic heterocycles. The number of rotatable bonds is 4. The maximum atomic E-state index is 9.28. The molecular weight excluding hydrogens is 180 g/mol. The van der Waals surface area contributed by atoms with Crippen LogP contribution in [-0.2, 0) is 0 Å². The average molecular weight is 194 g/mol. The van der Waals surface area contributed by atoms with Crippen LogP contribution in [0.2, 0.25) is 0 Å². The Balaban J connectivity index is 2.07. The molecule has 14 heavy (non-hydrogen) atoms. The highest BCUT2D eigenvalue weighted by Crippen LogP contribution is 2.34. The highest BCUT2D eigenvalue weighted by atomic mass is 16.5. The fourth-order valence-electron chi connectivity index (χ4n) is 1.27. The molecule has 0 saturated heterocycles. The first-order valence-corrected chi connectivity index (χ1v) is 4.79. The van der Waals surface area contributed by atoms with Crippen molar-refractivity contribution in [3.63, 3.8) is 0 Å². The molecule has 0 radical (unpaired) electrons. The average Bonchev–Trinajstić information content (AvgIpc) is 2.98. The lowest BCUT2D eigenvalue weighted by Crippen LogP contribution is -2.00. The predicted octanol–water partition coefficient (Wildman–Crippen LogP) is 2.19. The van der Waals surface area contributed by atoms with Gasteiger partial charge >= 0.3 is 0 Å². The molecule has 0 bridgehead atoms. The Morgan fingerprint density at radius 2 is 2.14 bits per heavy atom. The number of hydrogen-bond donors (Lipinski definition) is 1. The van der Waals surface area contributed by atoms with Crippen molar-refractivity contribution >= 4 is 0 Å². The molecule has 0 aromatic heterocycles. The molecule has 0 unspecified atom stereocenters. The highest BCUT2D eigenvalue weighted by molar-refractivity contribution is 5.44. The zero-order valence-corrected chi connectivity index (χ0v) is 8.19. The van der Waals surface area contributed by atoms with Crippen LogP contribution in [0.15, 0.2) is 18.2 Å². The number of methoxy groups -OCH3 is 1. The van der Waals surface area contributed by atoms with E-state index in [0.717, 1.165) is 6.61 Å². The Morgan fingerprint density at radius 1 is 1.36 bits per heavy atom. The summed E-state index contributed by atoms with van der Waals surface area (Å²) in [7, 11) is 1.59. The molecule has 1 aromatic carbocycles. The van der Waals surface area contributed by atoms with E-state index >= 15 is 0 Å². The lowest BCUT2D eigenvalue weighted by molar-refractivity contribution is 0.279. The molecule has 3 heteroatoms. The number of aromatic hydroxyl groups is 1. The van der Waals surface area contributed by atoms with E-state index < -0.39 is 0 Å². The second-order valence-electron chi connectivity index (χ2n) is 3.59. The topological polar surface area (TPSA) is 38.7 Å². The molecular formula is C11H14O3. The van der Waals surface area contributed by atoms with Crippen LogP contribution in [0.5, 0.6) is 17.2 Å². The molecule has 2 rings (SSSR count). The normalized spacial score (nSPS) is 15.2. The summed E-state index contributed by atoms with van der Waals surface area (Å²) < 4.78 is 10.7. The number of ether oxygens (including phenoxy) is 2. The number of phenols is 1. The van der Waals surface area contributed by atoms with E-state index in [4.69, 9.17) is 9.47 Å². The van der Waals surface area contributed by atoms with Gasteiger partial charge in [0.2, 0.25) is 0 Å². The first-order valence-electron chi connectivity index (χ1n) is 4.79. The molecule has 0 spiro atoms. The summed E-state index contributed by atoms with van der Waals surface area (Å²) in [5, 5.41) is 9.28. The van der Waals surface area contributed by atoms with Crippen LogP contribution >= 0.6 is 0 Å². The molecule has 1 aliphatic carbocycles. The van der Waals surface area contributed by atoms with E-state index in [1.54, 1.807) is 25.3 Å². The Morgan fingerprint density at radius 3 is 2.79 bits per heavy atom. The molecule has 3 nitrogen and oxygen atoms in total. The van der Waals surface area contributed by atoms with E-state index in [1.807, 2.05) is 0 Å². The van der Waals surface area contributed by atoms with Gasteiger partial charge < -0.3 is 14.6 Å². The molecule has 1 aromatic rings. The van der Waals surface area contributed by atoms with Crippen LogP contribution in [0.4, 0.5) is 0 Å². The summed E-state index contributed by atoms with van der Waals surface area (Å²) in [4.78, 5) is 0. The van der Waals surface area contributed by atoms with Crippen molar-refractivity contribution in [2.24, 2.45) is 5.92 Å². The van der Waals surface area contributed by atoms with Crippen LogP contribution in [0.1, 0.15) is 12.8 Å². The van der Waals surface area contributed by atoms with Crippen LogP contribution in [0.25, 0.3) is 0 Å². The van der Waals surface area contributed by atoms with Gasteiger partial charge in [0.15, 0.2) is 11.5 Å². The zero-order chi connectivity index (χ0) is 9.97. The van der Waals surface area contributed by atoms with Gasteiger partial charge in [-0.15, -0.1) is 0 Å². The summed E-state index contributed by atoms with van der Waals surface area (Å²) in [5.74, 6) is 2.20. The van der Waals surface area contributed by atoms with Gasteiger partial charge in [0, 0.05) is 6.07 Å². The second-order valence-corrected chi connectivity index (χ2v) is 3.59. The van der Waals surface area contributed by atoms with Gasteiger partial charge in [-0.25, -0.2) is 0 Å². The van der Waals surface area contributed by atoms with Gasteiger partial charge in [-0.2, -0.15) is 0 Å². The number of benzene rings is 1. The second kappa shape index (κ2) is 3.78. The molecule has 0 atom stereocenters. The van der Waals surface area contributed by atoms with Gasteiger partial charge in [0.05, 0.1) is 13.7 Å². The summed E-state index contributed by atoms with van der Waals surface area (Å²) in [5.41, 5.74) is 0. The summed E-state index contributed by atoms with van der Waals surface area (Å²) >= 11 is 0. The molecule has 1 saturated carbocycles. The third kappa shape index (κ3) is 2.10. The van der Waals surface area contributed by atoms with E-state index in [0.29, 0.717) is 17.4 Å². The molecule has 1 N–H and O–H groups in total. The zero-order valence-electron chi connectivity index (χ0n) is 8.19. The van der Waals surface area contributed by atoms with Crippen molar-refractivity contribution in [3.8, 4) is 17.2 Å². The molecule has 0 amide bonds. The molecule has 0 heterocycles.